The van der Waals surface area contributed by atoms with Crippen molar-refractivity contribution in [2.24, 2.45) is 0 Å². The second-order valence-corrected chi connectivity index (χ2v) is 9.61. The van der Waals surface area contributed by atoms with Gasteiger partial charge in [0.05, 0.1) is 12.0 Å². The van der Waals surface area contributed by atoms with Crippen LogP contribution in [0.3, 0.4) is 0 Å². The summed E-state index contributed by atoms with van der Waals surface area (Å²) in [5, 5.41) is 11.7. The summed E-state index contributed by atoms with van der Waals surface area (Å²) >= 11 is 1.17. The van der Waals surface area contributed by atoms with E-state index in [-0.39, 0.29) is 10.1 Å². The molecular formula is C19H21F3N2O6S2. The zero-order chi connectivity index (χ0) is 24.0. The first-order chi connectivity index (χ1) is 14.9. The Morgan fingerprint density at radius 1 is 1.19 bits per heavy atom. The Labute approximate surface area is 186 Å². The quantitative estimate of drug-likeness (QED) is 0.485. The fourth-order valence-corrected chi connectivity index (χ4v) is 4.74. The molecule has 1 fully saturated rings. The number of carbonyl (C=O) groups is 2. The molecule has 0 spiro atoms. The van der Waals surface area contributed by atoms with Crippen LogP contribution in [0, 0.1) is 0 Å². The molecule has 0 saturated heterocycles. The number of ether oxygens (including phenoxy) is 1. The topological polar surface area (TPSA) is 122 Å². The molecule has 1 saturated carbocycles. The predicted molar refractivity (Wildman–Crippen MR) is 111 cm³/mol. The van der Waals surface area contributed by atoms with E-state index < -0.39 is 27.6 Å². The number of amides is 1. The summed E-state index contributed by atoms with van der Waals surface area (Å²) in [6, 6.07) is 10.3. The molecule has 1 amide bonds. The molecule has 0 unspecified atom stereocenters. The monoisotopic (exact) mass is 494 g/mol. The molecule has 176 valence electrons. The molecule has 0 bridgehead atoms. The average molecular weight is 495 g/mol. The highest BCUT2D eigenvalue weighted by atomic mass is 32.2. The number of benzene rings is 1. The fourth-order valence-electron chi connectivity index (χ4n) is 2.69. The van der Waals surface area contributed by atoms with Crippen molar-refractivity contribution in [2.45, 2.75) is 28.6 Å². The molecule has 1 heterocycles. The lowest BCUT2D eigenvalue weighted by Crippen LogP contribution is -2.36. The van der Waals surface area contributed by atoms with Crippen LogP contribution in [0.4, 0.5) is 18.9 Å². The molecule has 3 N–H and O–H groups in total. The second-order valence-electron chi connectivity index (χ2n) is 6.75. The van der Waals surface area contributed by atoms with Gasteiger partial charge in [-0.15, -0.1) is 11.3 Å². The number of methoxy groups -OCH3 is 1. The van der Waals surface area contributed by atoms with Gasteiger partial charge in [-0.05, 0) is 42.0 Å². The summed E-state index contributed by atoms with van der Waals surface area (Å²) in [6.45, 7) is 0.959. The number of anilines is 1. The standard InChI is InChI=1S/C17H20N2O4S2.C2HF3O2/c1-23-11-10-18-16(20)17(8-9-17)13-4-6-14(7-5-13)19-25(21,22)15-3-2-12-24-15;3-2(4,5)1(6)7/h2-7,12,19H,8-11H2,1H3,(H,18,20);(H,6,7). The van der Waals surface area contributed by atoms with E-state index in [0.29, 0.717) is 18.8 Å². The van der Waals surface area contributed by atoms with Crippen molar-refractivity contribution >= 4 is 38.9 Å². The lowest BCUT2D eigenvalue weighted by Gasteiger charge is -2.16. The third kappa shape index (κ3) is 6.68. The fraction of sp³-hybridized carbons (Fsp3) is 0.368. The van der Waals surface area contributed by atoms with E-state index in [9.17, 15) is 26.4 Å². The molecule has 2 aromatic rings. The summed E-state index contributed by atoms with van der Waals surface area (Å²) in [5.74, 6) is -2.76. The van der Waals surface area contributed by atoms with Crippen molar-refractivity contribution in [3.63, 3.8) is 0 Å². The average Bonchev–Trinajstić information content (AvgIpc) is 3.32. The Hall–Kier alpha value is -2.64. The van der Waals surface area contributed by atoms with Crippen LogP contribution in [0.1, 0.15) is 18.4 Å². The van der Waals surface area contributed by atoms with Gasteiger partial charge in [-0.3, -0.25) is 9.52 Å². The summed E-state index contributed by atoms with van der Waals surface area (Å²) in [6.07, 6.45) is -3.49. The molecule has 0 radical (unpaired) electrons. The number of aliphatic carboxylic acids is 1. The van der Waals surface area contributed by atoms with Crippen molar-refractivity contribution in [3.05, 3.63) is 47.3 Å². The number of carboxylic acid groups (broad SMARTS) is 1. The van der Waals surface area contributed by atoms with Gasteiger partial charge < -0.3 is 15.2 Å². The highest BCUT2D eigenvalue weighted by Gasteiger charge is 2.51. The van der Waals surface area contributed by atoms with Gasteiger partial charge in [-0.25, -0.2) is 13.2 Å². The van der Waals surface area contributed by atoms with E-state index in [4.69, 9.17) is 14.6 Å². The SMILES string of the molecule is COCCNC(=O)C1(c2ccc(NS(=O)(=O)c3cccs3)cc2)CC1.O=C(O)C(F)(F)F. The number of hydrogen-bond acceptors (Lipinski definition) is 6. The highest BCUT2D eigenvalue weighted by Crippen LogP contribution is 2.48. The van der Waals surface area contributed by atoms with E-state index in [0.717, 1.165) is 18.4 Å². The van der Waals surface area contributed by atoms with Gasteiger partial charge in [0.1, 0.15) is 4.21 Å². The first-order valence-electron chi connectivity index (χ1n) is 9.16. The maximum atomic E-state index is 12.4. The Kier molecular flexibility index (Phi) is 8.26. The summed E-state index contributed by atoms with van der Waals surface area (Å²) in [4.78, 5) is 21.3. The Bertz CT molecular complexity index is 1020. The van der Waals surface area contributed by atoms with Crippen molar-refractivity contribution in [3.8, 4) is 0 Å². The Balaban J connectivity index is 0.000000451. The Morgan fingerprint density at radius 2 is 1.78 bits per heavy atom. The van der Waals surface area contributed by atoms with Crippen molar-refractivity contribution in [2.75, 3.05) is 25.0 Å². The van der Waals surface area contributed by atoms with Crippen molar-refractivity contribution < 1.29 is 41.0 Å². The van der Waals surface area contributed by atoms with E-state index in [1.54, 1.807) is 36.8 Å². The van der Waals surface area contributed by atoms with E-state index in [1.165, 1.54) is 11.3 Å². The highest BCUT2D eigenvalue weighted by molar-refractivity contribution is 7.94. The minimum Gasteiger partial charge on any atom is -0.475 e. The zero-order valence-electron chi connectivity index (χ0n) is 16.8. The van der Waals surface area contributed by atoms with E-state index >= 15 is 0 Å². The van der Waals surface area contributed by atoms with Crippen molar-refractivity contribution in [1.29, 1.82) is 0 Å². The number of thiophene rings is 1. The van der Waals surface area contributed by atoms with Crippen LogP contribution in [0.25, 0.3) is 0 Å². The third-order valence-electron chi connectivity index (χ3n) is 4.47. The number of carboxylic acids is 1. The summed E-state index contributed by atoms with van der Waals surface area (Å²) in [5.41, 5.74) is 0.896. The number of halogens is 3. The lowest BCUT2D eigenvalue weighted by molar-refractivity contribution is -0.192. The van der Waals surface area contributed by atoms with Crippen LogP contribution in [0.15, 0.2) is 46.0 Å². The van der Waals surface area contributed by atoms with Gasteiger partial charge in [0.25, 0.3) is 10.0 Å². The number of alkyl halides is 3. The van der Waals surface area contributed by atoms with Crippen LogP contribution in [0.2, 0.25) is 0 Å². The normalized spacial score (nSPS) is 14.6. The first-order valence-corrected chi connectivity index (χ1v) is 11.5. The van der Waals surface area contributed by atoms with Crippen molar-refractivity contribution in [1.82, 2.24) is 5.32 Å². The molecule has 8 nitrogen and oxygen atoms in total. The third-order valence-corrected chi connectivity index (χ3v) is 7.25. The minimum atomic E-state index is -5.08. The number of carbonyl (C=O) groups excluding carboxylic acids is 1. The molecule has 1 aromatic carbocycles. The molecule has 0 aliphatic heterocycles. The molecule has 1 aliphatic rings. The van der Waals surface area contributed by atoms with Crippen LogP contribution in [-0.4, -0.2) is 51.8 Å². The minimum absolute atomic E-state index is 0.00327. The zero-order valence-corrected chi connectivity index (χ0v) is 18.4. The smallest absolute Gasteiger partial charge is 0.475 e. The molecule has 3 rings (SSSR count). The maximum absolute atomic E-state index is 12.4. The summed E-state index contributed by atoms with van der Waals surface area (Å²) < 4.78 is 64.0. The van der Waals surface area contributed by atoms with E-state index in [1.807, 2.05) is 12.1 Å². The molecule has 0 atom stereocenters. The van der Waals surface area contributed by atoms with Crippen LogP contribution < -0.4 is 10.0 Å². The largest absolute Gasteiger partial charge is 0.490 e. The number of hydrogen-bond donors (Lipinski definition) is 3. The number of sulfonamides is 1. The number of nitrogens with one attached hydrogen (secondary N) is 2. The lowest BCUT2D eigenvalue weighted by atomic mass is 9.95. The van der Waals surface area contributed by atoms with Gasteiger partial charge in [0, 0.05) is 19.3 Å². The molecular weight excluding hydrogens is 473 g/mol. The van der Waals surface area contributed by atoms with Gasteiger partial charge >= 0.3 is 12.1 Å². The first kappa shape index (κ1) is 25.6. The van der Waals surface area contributed by atoms with Crippen LogP contribution in [-0.2, 0) is 29.8 Å². The molecule has 1 aliphatic carbocycles. The predicted octanol–water partition coefficient (Wildman–Crippen LogP) is 2.98. The van der Waals surface area contributed by atoms with Crippen LogP contribution in [0.5, 0.6) is 0 Å². The molecule has 13 heteroatoms. The van der Waals surface area contributed by atoms with Gasteiger partial charge in [-0.2, -0.15) is 13.2 Å². The van der Waals surface area contributed by atoms with Gasteiger partial charge in [0.2, 0.25) is 5.91 Å². The van der Waals surface area contributed by atoms with Gasteiger partial charge in [-0.1, -0.05) is 18.2 Å². The number of rotatable bonds is 8. The second kappa shape index (κ2) is 10.3. The van der Waals surface area contributed by atoms with E-state index in [2.05, 4.69) is 10.0 Å². The molecule has 32 heavy (non-hydrogen) atoms. The van der Waals surface area contributed by atoms with Gasteiger partial charge in [0.15, 0.2) is 0 Å². The maximum Gasteiger partial charge on any atom is 0.490 e. The Morgan fingerprint density at radius 3 is 2.22 bits per heavy atom. The summed E-state index contributed by atoms with van der Waals surface area (Å²) in [7, 11) is -1.97. The molecule has 1 aromatic heterocycles. The van der Waals surface area contributed by atoms with Crippen LogP contribution >= 0.6 is 11.3 Å².